The zero-order chi connectivity index (χ0) is 19.2. The lowest BCUT2D eigenvalue weighted by Crippen LogP contribution is -2.52. The topological polar surface area (TPSA) is 63.7 Å². The van der Waals surface area contributed by atoms with Crippen LogP contribution in [0.2, 0.25) is 0 Å². The van der Waals surface area contributed by atoms with Crippen LogP contribution in [0.15, 0.2) is 47.4 Å². The van der Waals surface area contributed by atoms with Crippen molar-refractivity contribution in [3.05, 3.63) is 59.7 Å². The summed E-state index contributed by atoms with van der Waals surface area (Å²) < 4.78 is 59.9. The molecule has 0 bridgehead atoms. The molecular weight excluding hydrogens is 376 g/mol. The second-order valence-corrected chi connectivity index (χ2v) is 8.77. The molecule has 0 atom stereocenters. The molecule has 0 N–H and O–H groups in total. The molecule has 2 aromatic rings. The number of ether oxygens (including phenoxy) is 1. The summed E-state index contributed by atoms with van der Waals surface area (Å²) in [6, 6.07) is 9.33. The van der Waals surface area contributed by atoms with E-state index in [-0.39, 0.29) is 25.3 Å². The Morgan fingerprint density at radius 2 is 1.74 bits per heavy atom. The monoisotopic (exact) mass is 393 g/mol. The zero-order valence-corrected chi connectivity index (χ0v) is 15.1. The smallest absolute Gasteiger partial charge is 0.246 e. The first-order valence-electron chi connectivity index (χ1n) is 8.57. The maximum absolute atomic E-state index is 13.9. The van der Waals surface area contributed by atoms with Crippen LogP contribution in [0.1, 0.15) is 29.6 Å². The Morgan fingerprint density at radius 1 is 1.04 bits per heavy atom. The summed E-state index contributed by atoms with van der Waals surface area (Å²) in [4.78, 5) is 11.8. The van der Waals surface area contributed by atoms with E-state index in [9.17, 15) is 22.0 Å². The highest BCUT2D eigenvalue weighted by Gasteiger charge is 2.45. The van der Waals surface area contributed by atoms with Gasteiger partial charge in [-0.05, 0) is 30.3 Å². The maximum Gasteiger partial charge on any atom is 0.246 e. The van der Waals surface area contributed by atoms with Crippen LogP contribution in [0.25, 0.3) is 0 Å². The first kappa shape index (κ1) is 18.1. The Bertz CT molecular complexity index is 1010. The summed E-state index contributed by atoms with van der Waals surface area (Å²) in [6.07, 6.45) is 0.763. The van der Waals surface area contributed by atoms with Crippen LogP contribution in [0.5, 0.6) is 5.75 Å². The predicted octanol–water partition coefficient (Wildman–Crippen LogP) is 3.15. The van der Waals surface area contributed by atoms with E-state index >= 15 is 0 Å². The van der Waals surface area contributed by atoms with E-state index in [2.05, 4.69) is 0 Å². The third kappa shape index (κ3) is 3.12. The summed E-state index contributed by atoms with van der Waals surface area (Å²) in [6.45, 7) is 0.126. The molecule has 8 heteroatoms. The fourth-order valence-corrected chi connectivity index (χ4v) is 5.19. The van der Waals surface area contributed by atoms with Gasteiger partial charge in [0.15, 0.2) is 5.78 Å². The van der Waals surface area contributed by atoms with Gasteiger partial charge in [-0.3, -0.25) is 4.79 Å². The van der Waals surface area contributed by atoms with E-state index in [1.165, 1.54) is 0 Å². The molecule has 0 saturated carbocycles. The Morgan fingerprint density at radius 3 is 2.48 bits per heavy atom. The lowest BCUT2D eigenvalue weighted by Gasteiger charge is -2.43. The van der Waals surface area contributed by atoms with Crippen LogP contribution in [-0.2, 0) is 10.0 Å². The second kappa shape index (κ2) is 6.38. The van der Waals surface area contributed by atoms with Gasteiger partial charge in [-0.1, -0.05) is 12.1 Å². The molecular formula is C19H17F2NO4S. The number of piperidine rings is 1. The fourth-order valence-electron chi connectivity index (χ4n) is 3.67. The molecule has 5 nitrogen and oxygen atoms in total. The molecule has 142 valence electrons. The highest BCUT2D eigenvalue weighted by atomic mass is 32.2. The number of fused-ring (bicyclic) bond motifs is 1. The van der Waals surface area contributed by atoms with Crippen molar-refractivity contribution in [1.29, 1.82) is 0 Å². The standard InChI is InChI=1S/C19H17F2NO4S/c20-13-5-6-15(21)18(11-13)27(24,25)22-9-7-19(8-10-22)12-16(23)14-3-1-2-4-17(14)26-19/h1-6,11H,7-10,12H2. The molecule has 0 amide bonds. The molecule has 2 aliphatic rings. The summed E-state index contributed by atoms with van der Waals surface area (Å²) in [5.41, 5.74) is -0.238. The van der Waals surface area contributed by atoms with Crippen molar-refractivity contribution in [3.8, 4) is 5.75 Å². The zero-order valence-electron chi connectivity index (χ0n) is 14.3. The third-order valence-electron chi connectivity index (χ3n) is 5.14. The van der Waals surface area contributed by atoms with Crippen molar-refractivity contribution in [2.24, 2.45) is 0 Å². The highest BCUT2D eigenvalue weighted by Crippen LogP contribution is 2.40. The molecule has 1 fully saturated rings. The molecule has 2 aliphatic heterocycles. The van der Waals surface area contributed by atoms with Gasteiger partial charge in [-0.2, -0.15) is 4.31 Å². The van der Waals surface area contributed by atoms with Crippen LogP contribution in [0.3, 0.4) is 0 Å². The van der Waals surface area contributed by atoms with Gasteiger partial charge < -0.3 is 4.74 Å². The minimum absolute atomic E-state index is 0.0377. The number of Topliss-reactive ketones (excluding diaryl/α,β-unsaturated/α-hetero) is 1. The Kier molecular flexibility index (Phi) is 4.27. The van der Waals surface area contributed by atoms with E-state index in [1.807, 2.05) is 0 Å². The first-order chi connectivity index (χ1) is 12.8. The van der Waals surface area contributed by atoms with Gasteiger partial charge >= 0.3 is 0 Å². The van der Waals surface area contributed by atoms with Crippen molar-refractivity contribution in [2.45, 2.75) is 29.8 Å². The summed E-state index contributed by atoms with van der Waals surface area (Å²) in [5, 5.41) is 0. The second-order valence-electron chi connectivity index (χ2n) is 6.86. The largest absolute Gasteiger partial charge is 0.486 e. The molecule has 0 radical (unpaired) electrons. The van der Waals surface area contributed by atoms with Crippen molar-refractivity contribution in [1.82, 2.24) is 4.31 Å². The van der Waals surface area contributed by atoms with Gasteiger partial charge in [-0.15, -0.1) is 0 Å². The van der Waals surface area contributed by atoms with Crippen LogP contribution in [0.4, 0.5) is 8.78 Å². The molecule has 2 aromatic carbocycles. The van der Waals surface area contributed by atoms with Gasteiger partial charge in [0.25, 0.3) is 0 Å². The van der Waals surface area contributed by atoms with Gasteiger partial charge in [0.1, 0.15) is 27.9 Å². The molecule has 0 unspecified atom stereocenters. The average Bonchev–Trinajstić information content (AvgIpc) is 2.64. The number of ketones is 1. The minimum Gasteiger partial charge on any atom is -0.486 e. The molecule has 0 aromatic heterocycles. The molecule has 4 rings (SSSR count). The number of para-hydroxylation sites is 1. The lowest BCUT2D eigenvalue weighted by atomic mass is 9.83. The van der Waals surface area contributed by atoms with E-state index in [0.29, 0.717) is 30.2 Å². The summed E-state index contributed by atoms with van der Waals surface area (Å²) >= 11 is 0. The normalized spacial score (nSPS) is 19.6. The van der Waals surface area contributed by atoms with Crippen LogP contribution < -0.4 is 4.74 Å². The predicted molar refractivity (Wildman–Crippen MR) is 93.1 cm³/mol. The molecule has 2 heterocycles. The Hall–Kier alpha value is -2.32. The van der Waals surface area contributed by atoms with Crippen molar-refractivity contribution in [2.75, 3.05) is 13.1 Å². The van der Waals surface area contributed by atoms with E-state index in [4.69, 9.17) is 4.74 Å². The third-order valence-corrected chi connectivity index (χ3v) is 7.06. The van der Waals surface area contributed by atoms with E-state index in [0.717, 1.165) is 16.4 Å². The number of nitrogens with zero attached hydrogens (tertiary/aromatic N) is 1. The number of benzene rings is 2. The maximum atomic E-state index is 13.9. The number of rotatable bonds is 2. The number of hydrogen-bond acceptors (Lipinski definition) is 4. The van der Waals surface area contributed by atoms with Gasteiger partial charge in [-0.25, -0.2) is 17.2 Å². The first-order valence-corrected chi connectivity index (χ1v) is 10.0. The van der Waals surface area contributed by atoms with Gasteiger partial charge in [0.2, 0.25) is 10.0 Å². The molecule has 1 spiro atoms. The number of carbonyl (C=O) groups excluding carboxylic acids is 1. The number of carbonyl (C=O) groups is 1. The number of sulfonamides is 1. The summed E-state index contributed by atoms with van der Waals surface area (Å²) in [7, 11) is -4.17. The van der Waals surface area contributed by atoms with Crippen LogP contribution in [0, 0.1) is 11.6 Å². The van der Waals surface area contributed by atoms with Crippen LogP contribution >= 0.6 is 0 Å². The average molecular weight is 393 g/mol. The SMILES string of the molecule is O=C1CC2(CCN(S(=O)(=O)c3cc(F)ccc3F)CC2)Oc2ccccc21. The number of hydrogen-bond donors (Lipinski definition) is 0. The molecule has 1 saturated heterocycles. The number of halogens is 2. The quantitative estimate of drug-likeness (QED) is 0.786. The van der Waals surface area contributed by atoms with Gasteiger partial charge in [0.05, 0.1) is 12.0 Å². The van der Waals surface area contributed by atoms with Crippen molar-refractivity contribution >= 4 is 15.8 Å². The van der Waals surface area contributed by atoms with Gasteiger partial charge in [0, 0.05) is 25.9 Å². The van der Waals surface area contributed by atoms with Crippen molar-refractivity contribution < 1.29 is 26.7 Å². The van der Waals surface area contributed by atoms with E-state index < -0.39 is 32.2 Å². The van der Waals surface area contributed by atoms with E-state index in [1.54, 1.807) is 24.3 Å². The Balaban J connectivity index is 1.56. The molecule has 0 aliphatic carbocycles. The highest BCUT2D eigenvalue weighted by molar-refractivity contribution is 7.89. The van der Waals surface area contributed by atoms with Crippen LogP contribution in [-0.4, -0.2) is 37.2 Å². The molecule has 27 heavy (non-hydrogen) atoms. The lowest BCUT2D eigenvalue weighted by molar-refractivity contribution is 0.00589. The summed E-state index contributed by atoms with van der Waals surface area (Å²) in [5.74, 6) is -1.35. The van der Waals surface area contributed by atoms with Crippen molar-refractivity contribution in [3.63, 3.8) is 0 Å². The minimum atomic E-state index is -4.17. The fraction of sp³-hybridized carbons (Fsp3) is 0.316. The Labute approximate surface area is 155 Å².